The summed E-state index contributed by atoms with van der Waals surface area (Å²) in [5, 5.41) is 0. The molecular formula is C24H32N2O4. The highest BCUT2D eigenvalue weighted by atomic mass is 16.5. The first-order valence-electron chi connectivity index (χ1n) is 10.4. The predicted molar refractivity (Wildman–Crippen MR) is 117 cm³/mol. The highest BCUT2D eigenvalue weighted by Gasteiger charge is 2.24. The van der Waals surface area contributed by atoms with E-state index in [-0.39, 0.29) is 18.4 Å². The molecule has 1 saturated heterocycles. The van der Waals surface area contributed by atoms with Crippen LogP contribution in [0.3, 0.4) is 0 Å². The Kier molecular flexibility index (Phi) is 8.11. The summed E-state index contributed by atoms with van der Waals surface area (Å²) in [6, 6.07) is 15.8. The number of morpholine rings is 1. The van der Waals surface area contributed by atoms with Gasteiger partial charge in [-0.15, -0.1) is 0 Å². The van der Waals surface area contributed by atoms with E-state index in [0.29, 0.717) is 18.0 Å². The molecule has 6 heteroatoms. The minimum Gasteiger partial charge on any atom is -0.497 e. The Bertz CT molecular complexity index is 806. The quantitative estimate of drug-likeness (QED) is 0.634. The highest BCUT2D eigenvalue weighted by Crippen LogP contribution is 2.26. The average Bonchev–Trinajstić information content (AvgIpc) is 2.79. The van der Waals surface area contributed by atoms with E-state index in [4.69, 9.17) is 14.2 Å². The van der Waals surface area contributed by atoms with Gasteiger partial charge in [0, 0.05) is 43.9 Å². The molecule has 1 aliphatic rings. The van der Waals surface area contributed by atoms with Crippen molar-refractivity contribution >= 4 is 5.91 Å². The number of nitrogens with zero attached hydrogens (tertiary/aromatic N) is 2. The monoisotopic (exact) mass is 412 g/mol. The van der Waals surface area contributed by atoms with Gasteiger partial charge in [0.15, 0.2) is 0 Å². The molecule has 6 nitrogen and oxygen atoms in total. The molecule has 2 aromatic rings. The lowest BCUT2D eigenvalue weighted by atomic mass is 10.1. The first kappa shape index (κ1) is 22.1. The molecular weight excluding hydrogens is 380 g/mol. The SMILES string of the molecule is COc1ccc(CC(=O)N(Cc2ccccc2)C(C)CN2CCOCC2)c(OC)c1. The van der Waals surface area contributed by atoms with Crippen LogP contribution in [0.4, 0.5) is 0 Å². The van der Waals surface area contributed by atoms with Gasteiger partial charge in [0.05, 0.1) is 33.9 Å². The van der Waals surface area contributed by atoms with E-state index in [9.17, 15) is 4.79 Å². The number of methoxy groups -OCH3 is 2. The molecule has 0 radical (unpaired) electrons. The summed E-state index contributed by atoms with van der Waals surface area (Å²) in [5.41, 5.74) is 1.99. The molecule has 3 rings (SSSR count). The normalized spacial score (nSPS) is 15.4. The fourth-order valence-electron chi connectivity index (χ4n) is 3.79. The van der Waals surface area contributed by atoms with Crippen molar-refractivity contribution in [2.24, 2.45) is 0 Å². The first-order chi connectivity index (χ1) is 14.6. The van der Waals surface area contributed by atoms with Crippen molar-refractivity contribution < 1.29 is 19.0 Å². The number of carbonyl (C=O) groups excluding carboxylic acids is 1. The Morgan fingerprint density at radius 1 is 1.10 bits per heavy atom. The molecule has 1 heterocycles. The van der Waals surface area contributed by atoms with Crippen LogP contribution in [0.5, 0.6) is 11.5 Å². The van der Waals surface area contributed by atoms with Gasteiger partial charge in [0.25, 0.3) is 0 Å². The molecule has 0 saturated carbocycles. The van der Waals surface area contributed by atoms with Gasteiger partial charge >= 0.3 is 0 Å². The van der Waals surface area contributed by atoms with E-state index in [0.717, 1.165) is 44.0 Å². The van der Waals surface area contributed by atoms with Crippen LogP contribution in [0.1, 0.15) is 18.1 Å². The van der Waals surface area contributed by atoms with Crippen molar-refractivity contribution in [3.05, 3.63) is 59.7 Å². The van der Waals surface area contributed by atoms with Gasteiger partial charge in [-0.1, -0.05) is 36.4 Å². The van der Waals surface area contributed by atoms with Gasteiger partial charge in [-0.3, -0.25) is 9.69 Å². The first-order valence-corrected chi connectivity index (χ1v) is 10.4. The number of ether oxygens (including phenoxy) is 3. The van der Waals surface area contributed by atoms with Gasteiger partial charge in [-0.25, -0.2) is 0 Å². The summed E-state index contributed by atoms with van der Waals surface area (Å²) in [6.45, 7) is 6.87. The molecule has 1 unspecified atom stereocenters. The Balaban J connectivity index is 1.77. The number of hydrogen-bond acceptors (Lipinski definition) is 5. The molecule has 1 atom stereocenters. The molecule has 1 aliphatic heterocycles. The zero-order valence-electron chi connectivity index (χ0n) is 18.2. The Hall–Kier alpha value is -2.57. The maximum absolute atomic E-state index is 13.4. The standard InChI is InChI=1S/C24H32N2O4/c1-19(17-25-11-13-30-14-12-25)26(18-20-7-5-4-6-8-20)24(27)15-21-9-10-22(28-2)16-23(21)29-3/h4-10,16,19H,11-15,17-18H2,1-3H3. The highest BCUT2D eigenvalue weighted by molar-refractivity contribution is 5.80. The summed E-state index contributed by atoms with van der Waals surface area (Å²) in [5.74, 6) is 1.47. The third-order valence-corrected chi connectivity index (χ3v) is 5.51. The van der Waals surface area contributed by atoms with Crippen molar-refractivity contribution in [1.29, 1.82) is 0 Å². The smallest absolute Gasteiger partial charge is 0.227 e. The van der Waals surface area contributed by atoms with Gasteiger partial charge in [-0.2, -0.15) is 0 Å². The molecule has 1 fully saturated rings. The van der Waals surface area contributed by atoms with Crippen LogP contribution in [0.15, 0.2) is 48.5 Å². The number of carbonyl (C=O) groups is 1. The maximum Gasteiger partial charge on any atom is 0.227 e. The maximum atomic E-state index is 13.4. The van der Waals surface area contributed by atoms with Crippen molar-refractivity contribution in [1.82, 2.24) is 9.80 Å². The molecule has 0 bridgehead atoms. The third-order valence-electron chi connectivity index (χ3n) is 5.51. The second kappa shape index (κ2) is 11.0. The fraction of sp³-hybridized carbons (Fsp3) is 0.458. The number of rotatable bonds is 9. The lowest BCUT2D eigenvalue weighted by Crippen LogP contribution is -2.48. The van der Waals surface area contributed by atoms with Crippen molar-refractivity contribution in [2.75, 3.05) is 47.1 Å². The van der Waals surface area contributed by atoms with Crippen LogP contribution in [0.2, 0.25) is 0 Å². The number of benzene rings is 2. The van der Waals surface area contributed by atoms with Crippen molar-refractivity contribution in [2.45, 2.75) is 25.9 Å². The van der Waals surface area contributed by atoms with Crippen LogP contribution >= 0.6 is 0 Å². The zero-order chi connectivity index (χ0) is 21.3. The second-order valence-electron chi connectivity index (χ2n) is 7.62. The topological polar surface area (TPSA) is 51.2 Å². The van der Waals surface area contributed by atoms with Crippen LogP contribution in [-0.2, 0) is 22.5 Å². The lowest BCUT2D eigenvalue weighted by Gasteiger charge is -2.35. The van der Waals surface area contributed by atoms with E-state index in [1.165, 1.54) is 0 Å². The van der Waals surface area contributed by atoms with E-state index >= 15 is 0 Å². The second-order valence-corrected chi connectivity index (χ2v) is 7.62. The molecule has 0 N–H and O–H groups in total. The molecule has 1 amide bonds. The Labute approximate surface area is 179 Å². The van der Waals surface area contributed by atoms with Crippen molar-refractivity contribution in [3.8, 4) is 11.5 Å². The molecule has 0 aromatic heterocycles. The molecule has 162 valence electrons. The fourth-order valence-corrected chi connectivity index (χ4v) is 3.79. The summed E-state index contributed by atoms with van der Waals surface area (Å²) in [7, 11) is 3.24. The summed E-state index contributed by atoms with van der Waals surface area (Å²) < 4.78 is 16.2. The average molecular weight is 413 g/mol. The molecule has 30 heavy (non-hydrogen) atoms. The molecule has 0 aliphatic carbocycles. The largest absolute Gasteiger partial charge is 0.497 e. The Morgan fingerprint density at radius 2 is 1.83 bits per heavy atom. The van der Waals surface area contributed by atoms with Gasteiger partial charge in [-0.05, 0) is 18.6 Å². The summed E-state index contributed by atoms with van der Waals surface area (Å²) in [6.07, 6.45) is 0.285. The van der Waals surface area contributed by atoms with E-state index in [1.807, 2.05) is 41.3 Å². The Morgan fingerprint density at radius 3 is 2.50 bits per heavy atom. The lowest BCUT2D eigenvalue weighted by molar-refractivity contribution is -0.133. The van der Waals surface area contributed by atoms with Crippen LogP contribution in [0.25, 0.3) is 0 Å². The summed E-state index contributed by atoms with van der Waals surface area (Å²) >= 11 is 0. The predicted octanol–water partition coefficient (Wildman–Crippen LogP) is 3.00. The number of amides is 1. The minimum absolute atomic E-state index is 0.0834. The molecule has 2 aromatic carbocycles. The molecule has 0 spiro atoms. The summed E-state index contributed by atoms with van der Waals surface area (Å²) in [4.78, 5) is 17.8. The van der Waals surface area contributed by atoms with E-state index < -0.39 is 0 Å². The van der Waals surface area contributed by atoms with Gasteiger partial charge in [0.2, 0.25) is 5.91 Å². The van der Waals surface area contributed by atoms with E-state index in [2.05, 4.69) is 24.0 Å². The van der Waals surface area contributed by atoms with Crippen LogP contribution < -0.4 is 9.47 Å². The van der Waals surface area contributed by atoms with E-state index in [1.54, 1.807) is 14.2 Å². The van der Waals surface area contributed by atoms with Gasteiger partial charge in [0.1, 0.15) is 11.5 Å². The van der Waals surface area contributed by atoms with Gasteiger partial charge < -0.3 is 19.1 Å². The van der Waals surface area contributed by atoms with Crippen LogP contribution in [-0.4, -0.2) is 68.8 Å². The zero-order valence-corrected chi connectivity index (χ0v) is 18.2. The van der Waals surface area contributed by atoms with Crippen molar-refractivity contribution in [3.63, 3.8) is 0 Å². The third kappa shape index (κ3) is 5.97. The minimum atomic E-state index is 0.0834. The van der Waals surface area contributed by atoms with Crippen LogP contribution in [0, 0.1) is 0 Å². The number of hydrogen-bond donors (Lipinski definition) is 0.